The fraction of sp³-hybridized carbons (Fsp3) is 0.0667. The van der Waals surface area contributed by atoms with E-state index in [1.54, 1.807) is 17.8 Å². The molecule has 1 N–H and O–H groups in total. The molecule has 0 aromatic heterocycles. The van der Waals surface area contributed by atoms with Gasteiger partial charge in [0.05, 0.1) is 11.8 Å². The zero-order valence-corrected chi connectivity index (χ0v) is 11.7. The summed E-state index contributed by atoms with van der Waals surface area (Å²) in [5.74, 6) is -1.13. The van der Waals surface area contributed by atoms with Gasteiger partial charge in [-0.2, -0.15) is 5.10 Å². The highest BCUT2D eigenvalue weighted by Crippen LogP contribution is 2.13. The van der Waals surface area contributed by atoms with Gasteiger partial charge in [0.2, 0.25) is 0 Å². The van der Waals surface area contributed by atoms with Crippen LogP contribution in [-0.4, -0.2) is 18.4 Å². The quantitative estimate of drug-likeness (QED) is 0.533. The number of carbonyl (C=O) groups excluding carboxylic acids is 1. The van der Waals surface area contributed by atoms with Crippen molar-refractivity contribution in [3.8, 4) is 0 Å². The smallest absolute Gasteiger partial charge is 0.267 e. The van der Waals surface area contributed by atoms with Crippen LogP contribution in [0.5, 0.6) is 0 Å². The molecule has 102 valence electrons. The SMILES string of the molecule is CSc1ccc(/C=N\NC(=O)c2ccccc2F)cc1. The fourth-order valence-electron chi connectivity index (χ4n) is 1.56. The average molecular weight is 288 g/mol. The van der Waals surface area contributed by atoms with E-state index in [-0.39, 0.29) is 5.56 Å². The van der Waals surface area contributed by atoms with E-state index in [1.807, 2.05) is 30.5 Å². The molecule has 0 spiro atoms. The van der Waals surface area contributed by atoms with Crippen molar-refractivity contribution in [2.24, 2.45) is 5.10 Å². The van der Waals surface area contributed by atoms with Crippen LogP contribution >= 0.6 is 11.8 Å². The van der Waals surface area contributed by atoms with Crippen molar-refractivity contribution >= 4 is 23.9 Å². The third-order valence-corrected chi connectivity index (χ3v) is 3.36. The first kappa shape index (κ1) is 14.3. The summed E-state index contributed by atoms with van der Waals surface area (Å²) in [6, 6.07) is 13.5. The summed E-state index contributed by atoms with van der Waals surface area (Å²) in [6.07, 6.45) is 3.51. The van der Waals surface area contributed by atoms with Crippen LogP contribution in [0.25, 0.3) is 0 Å². The highest BCUT2D eigenvalue weighted by Gasteiger charge is 2.08. The first-order chi connectivity index (χ1) is 9.70. The molecule has 1 amide bonds. The molecular formula is C15H13FN2OS. The lowest BCUT2D eigenvalue weighted by molar-refractivity contribution is 0.0951. The Bertz CT molecular complexity index is 626. The summed E-state index contributed by atoms with van der Waals surface area (Å²) in [4.78, 5) is 12.8. The van der Waals surface area contributed by atoms with E-state index in [4.69, 9.17) is 0 Å². The summed E-state index contributed by atoms with van der Waals surface area (Å²) in [5, 5.41) is 3.82. The fourth-order valence-corrected chi connectivity index (χ4v) is 1.97. The number of thioether (sulfide) groups is 1. The lowest BCUT2D eigenvalue weighted by Crippen LogP contribution is -2.18. The first-order valence-corrected chi connectivity index (χ1v) is 7.15. The molecule has 0 bridgehead atoms. The minimum atomic E-state index is -0.569. The number of nitrogens with zero attached hydrogens (tertiary/aromatic N) is 1. The summed E-state index contributed by atoms with van der Waals surface area (Å²) in [5.41, 5.74) is 3.13. The maximum absolute atomic E-state index is 13.4. The van der Waals surface area contributed by atoms with Crippen molar-refractivity contribution in [1.82, 2.24) is 5.43 Å². The second-order valence-corrected chi connectivity index (χ2v) is 4.83. The predicted octanol–water partition coefficient (Wildman–Crippen LogP) is 3.31. The van der Waals surface area contributed by atoms with Crippen LogP contribution in [0, 0.1) is 5.82 Å². The number of hydrogen-bond acceptors (Lipinski definition) is 3. The number of amides is 1. The molecule has 0 fully saturated rings. The van der Waals surface area contributed by atoms with E-state index in [0.717, 1.165) is 10.5 Å². The normalized spacial score (nSPS) is 10.7. The van der Waals surface area contributed by atoms with Crippen molar-refractivity contribution in [1.29, 1.82) is 0 Å². The zero-order valence-electron chi connectivity index (χ0n) is 10.8. The monoisotopic (exact) mass is 288 g/mol. The molecule has 20 heavy (non-hydrogen) atoms. The van der Waals surface area contributed by atoms with E-state index in [0.29, 0.717) is 0 Å². The maximum atomic E-state index is 13.4. The van der Waals surface area contributed by atoms with E-state index in [1.165, 1.54) is 24.4 Å². The van der Waals surface area contributed by atoms with Crippen molar-refractivity contribution in [3.63, 3.8) is 0 Å². The van der Waals surface area contributed by atoms with Gasteiger partial charge in [0, 0.05) is 4.90 Å². The molecule has 0 heterocycles. The molecule has 2 aromatic carbocycles. The molecule has 0 saturated carbocycles. The van der Waals surface area contributed by atoms with Crippen LogP contribution in [0.1, 0.15) is 15.9 Å². The van der Waals surface area contributed by atoms with Crippen LogP contribution in [0.2, 0.25) is 0 Å². The Morgan fingerprint density at radius 2 is 1.90 bits per heavy atom. The van der Waals surface area contributed by atoms with Gasteiger partial charge in [0.1, 0.15) is 5.82 Å². The first-order valence-electron chi connectivity index (χ1n) is 5.92. The highest BCUT2D eigenvalue weighted by atomic mass is 32.2. The minimum absolute atomic E-state index is 0.0256. The molecule has 0 radical (unpaired) electrons. The highest BCUT2D eigenvalue weighted by molar-refractivity contribution is 7.98. The Balaban J connectivity index is 1.99. The summed E-state index contributed by atoms with van der Waals surface area (Å²) < 4.78 is 13.4. The lowest BCUT2D eigenvalue weighted by Gasteiger charge is -2.01. The molecule has 2 aromatic rings. The molecule has 0 saturated heterocycles. The van der Waals surface area contributed by atoms with Gasteiger partial charge in [-0.25, -0.2) is 9.82 Å². The largest absolute Gasteiger partial charge is 0.274 e. The molecule has 3 nitrogen and oxygen atoms in total. The molecule has 2 rings (SSSR count). The van der Waals surface area contributed by atoms with E-state index < -0.39 is 11.7 Å². The van der Waals surface area contributed by atoms with Gasteiger partial charge >= 0.3 is 0 Å². The summed E-state index contributed by atoms with van der Waals surface area (Å²) >= 11 is 1.65. The van der Waals surface area contributed by atoms with Gasteiger partial charge in [-0.05, 0) is 36.1 Å². The number of hydrazone groups is 1. The van der Waals surface area contributed by atoms with Gasteiger partial charge in [-0.3, -0.25) is 4.79 Å². The third kappa shape index (κ3) is 3.68. The van der Waals surface area contributed by atoms with E-state index in [2.05, 4.69) is 10.5 Å². The molecule has 0 unspecified atom stereocenters. The van der Waals surface area contributed by atoms with Crippen LogP contribution < -0.4 is 5.43 Å². The van der Waals surface area contributed by atoms with Crippen LogP contribution in [-0.2, 0) is 0 Å². The molecule has 0 aliphatic rings. The Morgan fingerprint density at radius 3 is 2.55 bits per heavy atom. The standard InChI is InChI=1S/C15H13FN2OS/c1-20-12-8-6-11(7-9-12)10-17-18-15(19)13-4-2-3-5-14(13)16/h2-10H,1H3,(H,18,19)/b17-10-. The van der Waals surface area contributed by atoms with Crippen LogP contribution in [0.4, 0.5) is 4.39 Å². The second kappa shape index (κ2) is 6.86. The second-order valence-electron chi connectivity index (χ2n) is 3.95. The molecule has 0 aliphatic heterocycles. The van der Waals surface area contributed by atoms with Crippen molar-refractivity contribution in [2.75, 3.05) is 6.26 Å². The summed E-state index contributed by atoms with van der Waals surface area (Å²) in [6.45, 7) is 0. The lowest BCUT2D eigenvalue weighted by atomic mass is 10.2. The molecule has 0 aliphatic carbocycles. The number of nitrogens with one attached hydrogen (secondary N) is 1. The van der Waals surface area contributed by atoms with Crippen LogP contribution in [0.15, 0.2) is 58.5 Å². The van der Waals surface area contributed by atoms with Gasteiger partial charge in [-0.1, -0.05) is 24.3 Å². The third-order valence-electron chi connectivity index (χ3n) is 2.61. The molecule has 0 atom stereocenters. The predicted molar refractivity (Wildman–Crippen MR) is 79.7 cm³/mol. The zero-order chi connectivity index (χ0) is 14.4. The van der Waals surface area contributed by atoms with Gasteiger partial charge in [0.15, 0.2) is 0 Å². The Labute approximate surface area is 120 Å². The average Bonchev–Trinajstić information content (AvgIpc) is 2.48. The van der Waals surface area contributed by atoms with E-state index in [9.17, 15) is 9.18 Å². The number of rotatable bonds is 4. The van der Waals surface area contributed by atoms with Crippen molar-refractivity contribution < 1.29 is 9.18 Å². The van der Waals surface area contributed by atoms with Gasteiger partial charge in [0.25, 0.3) is 5.91 Å². The topological polar surface area (TPSA) is 41.5 Å². The Kier molecular flexibility index (Phi) is 4.90. The van der Waals surface area contributed by atoms with E-state index >= 15 is 0 Å². The maximum Gasteiger partial charge on any atom is 0.274 e. The van der Waals surface area contributed by atoms with Crippen molar-refractivity contribution in [3.05, 3.63) is 65.5 Å². The minimum Gasteiger partial charge on any atom is -0.267 e. The molecular weight excluding hydrogens is 275 g/mol. The number of hydrogen-bond donors (Lipinski definition) is 1. The summed E-state index contributed by atoms with van der Waals surface area (Å²) in [7, 11) is 0. The number of halogens is 1. The molecule has 5 heteroatoms. The van der Waals surface area contributed by atoms with Gasteiger partial charge < -0.3 is 0 Å². The Hall–Kier alpha value is -2.14. The van der Waals surface area contributed by atoms with Crippen molar-refractivity contribution in [2.45, 2.75) is 4.90 Å². The number of carbonyl (C=O) groups is 1. The van der Waals surface area contributed by atoms with Gasteiger partial charge in [-0.15, -0.1) is 11.8 Å². The van der Waals surface area contributed by atoms with Crippen LogP contribution in [0.3, 0.4) is 0 Å². The Morgan fingerprint density at radius 1 is 1.20 bits per heavy atom. The number of benzene rings is 2.